The topological polar surface area (TPSA) is 152 Å². The molecule has 0 aromatic carbocycles. The van der Waals surface area contributed by atoms with Gasteiger partial charge in [0.25, 0.3) is 0 Å². The largest absolute Gasteiger partial charge is 0.388 e. The first kappa shape index (κ1) is 15.9. The monoisotopic (exact) mass is 316 g/mol. The minimum atomic E-state index is -1.13. The van der Waals surface area contributed by atoms with Gasteiger partial charge in [-0.1, -0.05) is 0 Å². The van der Waals surface area contributed by atoms with Crippen LogP contribution in [0.2, 0.25) is 0 Å². The van der Waals surface area contributed by atoms with Crippen LogP contribution in [-0.4, -0.2) is 71.6 Å². The van der Waals surface area contributed by atoms with Gasteiger partial charge in [-0.25, -0.2) is 4.79 Å². The van der Waals surface area contributed by atoms with Crippen molar-refractivity contribution in [2.24, 2.45) is 11.5 Å². The van der Waals surface area contributed by atoms with Gasteiger partial charge in [-0.15, -0.1) is 0 Å². The number of rotatable bonds is 3. The summed E-state index contributed by atoms with van der Waals surface area (Å²) in [6.07, 6.45) is -1.90. The number of urea groups is 1. The zero-order chi connectivity index (χ0) is 15.9. The molecule has 1 saturated carbocycles. The number of ether oxygens (including phenoxy) is 2. The standard InChI is InChI=1S/C13H24N4O5/c14-4-5-1-2-6(15)12(21-5)22-11-8-3-7(9(18)10(11)19)16-13(20)17-8/h5-12,18-19H,1-4,14-15H2,(H2,16,17,20). The lowest BCUT2D eigenvalue weighted by atomic mass is 9.82. The molecule has 2 aliphatic heterocycles. The van der Waals surface area contributed by atoms with Crippen LogP contribution in [0.1, 0.15) is 19.3 Å². The average Bonchev–Trinajstić information content (AvgIpc) is 2.51. The minimum absolute atomic E-state index is 0.134. The van der Waals surface area contributed by atoms with Crippen LogP contribution in [0.15, 0.2) is 0 Å². The summed E-state index contributed by atoms with van der Waals surface area (Å²) in [7, 11) is 0. The van der Waals surface area contributed by atoms with E-state index in [-0.39, 0.29) is 18.2 Å². The van der Waals surface area contributed by atoms with Gasteiger partial charge in [-0.3, -0.25) is 0 Å². The zero-order valence-corrected chi connectivity index (χ0v) is 12.2. The molecule has 3 aliphatic rings. The van der Waals surface area contributed by atoms with Crippen molar-refractivity contribution in [3.05, 3.63) is 0 Å². The van der Waals surface area contributed by atoms with E-state index in [1.54, 1.807) is 0 Å². The first-order chi connectivity index (χ1) is 10.5. The van der Waals surface area contributed by atoms with E-state index in [1.165, 1.54) is 0 Å². The lowest BCUT2D eigenvalue weighted by Crippen LogP contribution is -2.71. The maximum atomic E-state index is 11.6. The van der Waals surface area contributed by atoms with E-state index in [0.717, 1.165) is 6.42 Å². The summed E-state index contributed by atoms with van der Waals surface area (Å²) in [6.45, 7) is 0.370. The summed E-state index contributed by atoms with van der Waals surface area (Å²) in [5.41, 5.74) is 11.6. The summed E-state index contributed by atoms with van der Waals surface area (Å²) in [6, 6.07) is -1.59. The Balaban J connectivity index is 1.70. The molecule has 0 aromatic rings. The number of nitrogens with two attached hydrogens (primary N) is 2. The molecular weight excluding hydrogens is 292 g/mol. The second-order valence-electron chi connectivity index (χ2n) is 6.25. The number of amides is 2. The summed E-state index contributed by atoms with van der Waals surface area (Å²) in [5.74, 6) is 0. The Kier molecular flexibility index (Phi) is 4.53. The molecule has 1 aliphatic carbocycles. The number of carbonyl (C=O) groups excluding carboxylic acids is 1. The summed E-state index contributed by atoms with van der Waals surface area (Å²) in [5, 5.41) is 25.7. The molecule has 0 aromatic heterocycles. The van der Waals surface area contributed by atoms with Gasteiger partial charge in [0.1, 0.15) is 18.3 Å². The predicted molar refractivity (Wildman–Crippen MR) is 75.7 cm³/mol. The first-order valence-electron chi connectivity index (χ1n) is 7.69. The average molecular weight is 316 g/mol. The fourth-order valence-electron chi connectivity index (χ4n) is 3.39. The molecule has 2 bridgehead atoms. The van der Waals surface area contributed by atoms with E-state index in [9.17, 15) is 15.0 Å². The fraction of sp³-hybridized carbons (Fsp3) is 0.923. The summed E-state index contributed by atoms with van der Waals surface area (Å²) >= 11 is 0. The van der Waals surface area contributed by atoms with E-state index in [4.69, 9.17) is 20.9 Å². The van der Waals surface area contributed by atoms with E-state index in [2.05, 4.69) is 10.6 Å². The van der Waals surface area contributed by atoms with E-state index < -0.39 is 36.7 Å². The third-order valence-electron chi connectivity index (χ3n) is 4.69. The fourth-order valence-corrected chi connectivity index (χ4v) is 3.39. The van der Waals surface area contributed by atoms with E-state index in [0.29, 0.717) is 19.4 Å². The molecule has 9 heteroatoms. The molecule has 8 atom stereocenters. The van der Waals surface area contributed by atoms with Gasteiger partial charge in [0.05, 0.1) is 24.2 Å². The number of hydrogen-bond donors (Lipinski definition) is 6. The van der Waals surface area contributed by atoms with Gasteiger partial charge >= 0.3 is 6.03 Å². The predicted octanol–water partition coefficient (Wildman–Crippen LogP) is -2.66. The number of aliphatic hydroxyl groups is 2. The van der Waals surface area contributed by atoms with Crippen LogP contribution in [0.4, 0.5) is 4.79 Å². The molecule has 8 N–H and O–H groups in total. The highest BCUT2D eigenvalue weighted by Crippen LogP contribution is 2.29. The number of hydrogen-bond acceptors (Lipinski definition) is 7. The Morgan fingerprint density at radius 1 is 1.23 bits per heavy atom. The zero-order valence-electron chi connectivity index (χ0n) is 12.2. The van der Waals surface area contributed by atoms with Crippen LogP contribution < -0.4 is 22.1 Å². The van der Waals surface area contributed by atoms with Crippen LogP contribution in [0, 0.1) is 0 Å². The third-order valence-corrected chi connectivity index (χ3v) is 4.69. The molecule has 8 unspecified atom stereocenters. The van der Waals surface area contributed by atoms with Crippen molar-refractivity contribution < 1.29 is 24.5 Å². The Hall–Kier alpha value is -0.970. The Morgan fingerprint density at radius 3 is 2.68 bits per heavy atom. The van der Waals surface area contributed by atoms with Crippen LogP contribution in [-0.2, 0) is 9.47 Å². The number of nitrogens with one attached hydrogen (secondary N) is 2. The molecule has 0 radical (unpaired) electrons. The molecule has 0 spiro atoms. The SMILES string of the molecule is NCC1CCC(N)C(OC2C3CC(NC(=O)N3)C(O)C2O)O1. The van der Waals surface area contributed by atoms with Gasteiger partial charge in [0.15, 0.2) is 6.29 Å². The lowest BCUT2D eigenvalue weighted by Gasteiger charge is -2.48. The molecule has 9 nitrogen and oxygen atoms in total. The quantitative estimate of drug-likeness (QED) is 0.332. The van der Waals surface area contributed by atoms with Crippen molar-refractivity contribution in [3.8, 4) is 0 Å². The molecule has 22 heavy (non-hydrogen) atoms. The van der Waals surface area contributed by atoms with Crippen molar-refractivity contribution in [2.45, 2.75) is 68.1 Å². The van der Waals surface area contributed by atoms with Crippen molar-refractivity contribution >= 4 is 6.03 Å². The highest BCUT2D eigenvalue weighted by molar-refractivity contribution is 5.76. The van der Waals surface area contributed by atoms with E-state index in [1.807, 2.05) is 0 Å². The van der Waals surface area contributed by atoms with Crippen LogP contribution in [0.3, 0.4) is 0 Å². The highest BCUT2D eigenvalue weighted by atomic mass is 16.7. The number of carbonyl (C=O) groups is 1. The minimum Gasteiger partial charge on any atom is -0.388 e. The van der Waals surface area contributed by atoms with Crippen molar-refractivity contribution in [1.29, 1.82) is 0 Å². The molecule has 2 saturated heterocycles. The molecule has 3 rings (SSSR count). The van der Waals surface area contributed by atoms with Gasteiger partial charge in [-0.05, 0) is 19.3 Å². The molecular formula is C13H24N4O5. The maximum absolute atomic E-state index is 11.6. The summed E-state index contributed by atoms with van der Waals surface area (Å²) < 4.78 is 11.5. The van der Waals surface area contributed by atoms with Gasteiger partial charge < -0.3 is 41.8 Å². The van der Waals surface area contributed by atoms with E-state index >= 15 is 0 Å². The van der Waals surface area contributed by atoms with Crippen molar-refractivity contribution in [3.63, 3.8) is 0 Å². The van der Waals surface area contributed by atoms with Crippen LogP contribution in [0.25, 0.3) is 0 Å². The first-order valence-corrected chi connectivity index (χ1v) is 7.69. The smallest absolute Gasteiger partial charge is 0.315 e. The van der Waals surface area contributed by atoms with Gasteiger partial charge in [0, 0.05) is 6.54 Å². The Labute approximate surface area is 128 Å². The second-order valence-corrected chi connectivity index (χ2v) is 6.25. The van der Waals surface area contributed by atoms with Gasteiger partial charge in [-0.2, -0.15) is 0 Å². The Bertz CT molecular complexity index is 425. The lowest BCUT2D eigenvalue weighted by molar-refractivity contribution is -0.255. The molecule has 2 heterocycles. The van der Waals surface area contributed by atoms with Crippen LogP contribution >= 0.6 is 0 Å². The normalized spacial score (nSPS) is 48.5. The maximum Gasteiger partial charge on any atom is 0.315 e. The Morgan fingerprint density at radius 2 is 1.95 bits per heavy atom. The van der Waals surface area contributed by atoms with Crippen molar-refractivity contribution in [2.75, 3.05) is 6.54 Å². The van der Waals surface area contributed by atoms with Gasteiger partial charge in [0.2, 0.25) is 0 Å². The summed E-state index contributed by atoms with van der Waals surface area (Å²) in [4.78, 5) is 11.6. The second kappa shape index (κ2) is 6.26. The van der Waals surface area contributed by atoms with Crippen LogP contribution in [0.5, 0.6) is 0 Å². The highest BCUT2D eigenvalue weighted by Gasteiger charge is 2.49. The number of aliphatic hydroxyl groups excluding tert-OH is 2. The molecule has 3 fully saturated rings. The van der Waals surface area contributed by atoms with Crippen molar-refractivity contribution in [1.82, 2.24) is 10.6 Å². The third kappa shape index (κ3) is 2.92. The molecule has 2 amide bonds. The number of fused-ring (bicyclic) bond motifs is 2. The molecule has 126 valence electrons.